The molecule has 0 aliphatic carbocycles. The van der Waals surface area contributed by atoms with Crippen LogP contribution in [-0.4, -0.2) is 52.2 Å². The number of ether oxygens (including phenoxy) is 2. The van der Waals surface area contributed by atoms with E-state index in [0.717, 1.165) is 29.1 Å². The first-order valence-corrected chi connectivity index (χ1v) is 11.2. The van der Waals surface area contributed by atoms with Crippen molar-refractivity contribution in [2.75, 3.05) is 20.3 Å². The molecule has 0 radical (unpaired) electrons. The molecule has 0 bridgehead atoms. The molecule has 0 aliphatic heterocycles. The molecular formula is C26H35N3O3. The highest BCUT2D eigenvalue weighted by atomic mass is 16.5. The van der Waals surface area contributed by atoms with E-state index in [1.54, 1.807) is 7.11 Å². The minimum absolute atomic E-state index is 0.235. The molecule has 0 fully saturated rings. The Kier molecular flexibility index (Phi) is 8.45. The van der Waals surface area contributed by atoms with Gasteiger partial charge in [0.2, 0.25) is 5.88 Å². The van der Waals surface area contributed by atoms with Crippen LogP contribution in [0.5, 0.6) is 11.6 Å². The zero-order valence-electron chi connectivity index (χ0n) is 19.8. The van der Waals surface area contributed by atoms with E-state index in [1.165, 1.54) is 5.56 Å². The van der Waals surface area contributed by atoms with Crippen LogP contribution >= 0.6 is 0 Å². The maximum absolute atomic E-state index is 10.4. The lowest BCUT2D eigenvalue weighted by atomic mass is 10.1. The monoisotopic (exact) mass is 437 g/mol. The van der Waals surface area contributed by atoms with Crippen LogP contribution in [0, 0.1) is 6.92 Å². The van der Waals surface area contributed by atoms with E-state index in [1.807, 2.05) is 59.3 Å². The third-order valence-electron chi connectivity index (χ3n) is 5.49. The van der Waals surface area contributed by atoms with E-state index >= 15 is 0 Å². The summed E-state index contributed by atoms with van der Waals surface area (Å²) in [7, 11) is 1.61. The molecule has 1 N–H and O–H groups in total. The van der Waals surface area contributed by atoms with Crippen molar-refractivity contribution in [2.24, 2.45) is 0 Å². The molecule has 172 valence electrons. The molecule has 32 heavy (non-hydrogen) atoms. The Bertz CT molecular complexity index is 968. The fourth-order valence-electron chi connectivity index (χ4n) is 3.66. The number of hydrogen-bond acceptors (Lipinski definition) is 5. The van der Waals surface area contributed by atoms with Crippen molar-refractivity contribution < 1.29 is 14.6 Å². The van der Waals surface area contributed by atoms with Crippen LogP contribution in [0.2, 0.25) is 0 Å². The Morgan fingerprint density at radius 2 is 1.75 bits per heavy atom. The van der Waals surface area contributed by atoms with Crippen molar-refractivity contribution in [1.82, 2.24) is 14.7 Å². The van der Waals surface area contributed by atoms with Gasteiger partial charge in [0.05, 0.1) is 29.7 Å². The number of para-hydroxylation sites is 1. The van der Waals surface area contributed by atoms with Crippen molar-refractivity contribution in [3.8, 4) is 17.3 Å². The largest absolute Gasteiger partial charge is 0.439 e. The number of nitrogens with zero attached hydrogens (tertiary/aromatic N) is 3. The lowest BCUT2D eigenvalue weighted by Crippen LogP contribution is -2.38. The van der Waals surface area contributed by atoms with Gasteiger partial charge in [-0.15, -0.1) is 0 Å². The van der Waals surface area contributed by atoms with Crippen LogP contribution in [0.1, 0.15) is 37.6 Å². The molecule has 1 aromatic heterocycles. The van der Waals surface area contributed by atoms with E-state index in [9.17, 15) is 5.11 Å². The summed E-state index contributed by atoms with van der Waals surface area (Å²) >= 11 is 0. The Morgan fingerprint density at radius 1 is 1.06 bits per heavy atom. The van der Waals surface area contributed by atoms with Crippen LogP contribution in [0.15, 0.2) is 54.6 Å². The van der Waals surface area contributed by atoms with Crippen molar-refractivity contribution in [3.63, 3.8) is 0 Å². The third-order valence-corrected chi connectivity index (χ3v) is 5.49. The summed E-state index contributed by atoms with van der Waals surface area (Å²) in [6, 6.07) is 18.3. The van der Waals surface area contributed by atoms with E-state index in [-0.39, 0.29) is 6.04 Å². The standard InChI is InChI=1S/C26H35N3O3/c1-6-25-24(17-28(19(2)3)16-22(30)18-31-5)26(32-23-14-12-20(4)13-15-23)29(27-25)21-10-8-7-9-11-21/h7-15,19,22,30H,6,16-18H2,1-5H3/t22-/m1/s1. The predicted molar refractivity (Wildman–Crippen MR) is 128 cm³/mol. The van der Waals surface area contributed by atoms with Gasteiger partial charge in [0.15, 0.2) is 0 Å². The van der Waals surface area contributed by atoms with E-state index < -0.39 is 6.10 Å². The minimum atomic E-state index is -0.557. The Balaban J connectivity index is 2.04. The topological polar surface area (TPSA) is 59.8 Å². The summed E-state index contributed by atoms with van der Waals surface area (Å²) in [4.78, 5) is 2.23. The molecule has 6 nitrogen and oxygen atoms in total. The number of aryl methyl sites for hydroxylation is 2. The van der Waals surface area contributed by atoms with Crippen LogP contribution < -0.4 is 4.74 Å². The molecule has 0 saturated heterocycles. The number of methoxy groups -OCH3 is 1. The maximum atomic E-state index is 10.4. The summed E-state index contributed by atoms with van der Waals surface area (Å²) in [5.41, 5.74) is 4.16. The summed E-state index contributed by atoms with van der Waals surface area (Å²) in [6.07, 6.45) is 0.226. The lowest BCUT2D eigenvalue weighted by Gasteiger charge is -2.29. The highest BCUT2D eigenvalue weighted by molar-refractivity contribution is 5.44. The van der Waals surface area contributed by atoms with Gasteiger partial charge in [-0.25, -0.2) is 4.68 Å². The molecule has 0 unspecified atom stereocenters. The van der Waals surface area contributed by atoms with Crippen LogP contribution in [0.4, 0.5) is 0 Å². The van der Waals surface area contributed by atoms with Crippen molar-refractivity contribution >= 4 is 0 Å². The van der Waals surface area contributed by atoms with E-state index in [2.05, 4.69) is 32.6 Å². The van der Waals surface area contributed by atoms with Gasteiger partial charge < -0.3 is 14.6 Å². The number of rotatable bonds is 11. The molecule has 2 aromatic carbocycles. The highest BCUT2D eigenvalue weighted by Gasteiger charge is 2.24. The number of aromatic nitrogens is 2. The number of aliphatic hydroxyl groups is 1. The molecule has 0 amide bonds. The van der Waals surface area contributed by atoms with Gasteiger partial charge in [-0.3, -0.25) is 4.90 Å². The predicted octanol–water partition coefficient (Wildman–Crippen LogP) is 4.75. The number of hydrogen-bond donors (Lipinski definition) is 1. The molecule has 6 heteroatoms. The molecule has 1 heterocycles. The van der Waals surface area contributed by atoms with Gasteiger partial charge in [0.25, 0.3) is 0 Å². The van der Waals surface area contributed by atoms with Gasteiger partial charge in [-0.05, 0) is 51.5 Å². The molecule has 0 spiro atoms. The molecule has 3 rings (SSSR count). The SMILES string of the molecule is CCc1nn(-c2ccccc2)c(Oc2ccc(C)cc2)c1CN(C[C@@H](O)COC)C(C)C. The van der Waals surface area contributed by atoms with E-state index in [0.29, 0.717) is 25.6 Å². The van der Waals surface area contributed by atoms with Crippen LogP contribution in [0.25, 0.3) is 5.69 Å². The first-order chi connectivity index (χ1) is 15.4. The Labute approximate surface area is 191 Å². The molecule has 1 atom stereocenters. The Morgan fingerprint density at radius 3 is 2.34 bits per heavy atom. The smallest absolute Gasteiger partial charge is 0.227 e. The maximum Gasteiger partial charge on any atom is 0.227 e. The minimum Gasteiger partial charge on any atom is -0.439 e. The summed E-state index contributed by atoms with van der Waals surface area (Å²) < 4.78 is 13.5. The second kappa shape index (κ2) is 11.3. The van der Waals surface area contributed by atoms with Gasteiger partial charge in [0, 0.05) is 26.2 Å². The van der Waals surface area contributed by atoms with Crippen molar-refractivity contribution in [3.05, 3.63) is 71.4 Å². The van der Waals surface area contributed by atoms with E-state index in [4.69, 9.17) is 14.6 Å². The third kappa shape index (κ3) is 5.97. The lowest BCUT2D eigenvalue weighted by molar-refractivity contribution is 0.0277. The molecule has 3 aromatic rings. The molecule has 0 aliphatic rings. The summed E-state index contributed by atoms with van der Waals surface area (Å²) in [6.45, 7) is 9.87. The summed E-state index contributed by atoms with van der Waals surface area (Å²) in [5, 5.41) is 15.3. The van der Waals surface area contributed by atoms with Gasteiger partial charge in [-0.1, -0.05) is 42.8 Å². The zero-order chi connectivity index (χ0) is 23.1. The van der Waals surface area contributed by atoms with Crippen LogP contribution in [-0.2, 0) is 17.7 Å². The van der Waals surface area contributed by atoms with Gasteiger partial charge in [-0.2, -0.15) is 5.10 Å². The highest BCUT2D eigenvalue weighted by Crippen LogP contribution is 2.32. The fourth-order valence-corrected chi connectivity index (χ4v) is 3.66. The van der Waals surface area contributed by atoms with Gasteiger partial charge in [0.1, 0.15) is 5.75 Å². The molecular weight excluding hydrogens is 402 g/mol. The average Bonchev–Trinajstić information content (AvgIpc) is 3.12. The first-order valence-electron chi connectivity index (χ1n) is 11.2. The quantitative estimate of drug-likeness (QED) is 0.469. The number of aliphatic hydroxyl groups excluding tert-OH is 1. The molecule has 0 saturated carbocycles. The second-order valence-corrected chi connectivity index (χ2v) is 8.38. The zero-order valence-corrected chi connectivity index (χ0v) is 19.8. The first kappa shape index (κ1) is 24.0. The van der Waals surface area contributed by atoms with Crippen molar-refractivity contribution in [1.29, 1.82) is 0 Å². The summed E-state index contributed by atoms with van der Waals surface area (Å²) in [5.74, 6) is 1.48. The number of benzene rings is 2. The fraction of sp³-hybridized carbons (Fsp3) is 0.423. The van der Waals surface area contributed by atoms with Crippen molar-refractivity contribution in [2.45, 2.75) is 52.8 Å². The van der Waals surface area contributed by atoms with Crippen LogP contribution in [0.3, 0.4) is 0 Å². The second-order valence-electron chi connectivity index (χ2n) is 8.38. The Hall–Kier alpha value is -2.67. The average molecular weight is 438 g/mol. The van der Waals surface area contributed by atoms with Gasteiger partial charge >= 0.3 is 0 Å². The normalized spacial score (nSPS) is 12.5.